The first-order chi connectivity index (χ1) is 18.9. The summed E-state index contributed by atoms with van der Waals surface area (Å²) in [6, 6.07) is 10.1. The van der Waals surface area contributed by atoms with Crippen LogP contribution in [-0.4, -0.2) is 45.8 Å². The highest BCUT2D eigenvalue weighted by molar-refractivity contribution is 6.02. The van der Waals surface area contributed by atoms with Gasteiger partial charge in [-0.05, 0) is 86.6 Å². The van der Waals surface area contributed by atoms with Crippen molar-refractivity contribution in [2.75, 3.05) is 13.7 Å². The molecule has 1 aliphatic heterocycles. The number of likely N-dealkylation sites (tertiary alicyclic amines) is 1. The Balaban J connectivity index is 1.16. The fourth-order valence-corrected chi connectivity index (χ4v) is 8.84. The Hall–Kier alpha value is -3.61. The molecule has 3 aromatic heterocycles. The van der Waals surface area contributed by atoms with Gasteiger partial charge in [-0.3, -0.25) is 9.59 Å². The monoisotopic (exact) mass is 521 g/mol. The smallest absolute Gasteiger partial charge is 0.254 e. The number of aryl methyl sites for hydroxylation is 1. The maximum absolute atomic E-state index is 13.8. The molecule has 39 heavy (non-hydrogen) atoms. The normalized spacial score (nSPS) is 29.7. The number of hydrogen-bond acceptors (Lipinski definition) is 5. The number of nitrogens with zero attached hydrogens (tertiary/aromatic N) is 3. The third-order valence-electron chi connectivity index (χ3n) is 11.0. The van der Waals surface area contributed by atoms with Gasteiger partial charge in [0.25, 0.3) is 5.91 Å². The molecule has 4 saturated carbocycles. The molecule has 0 bridgehead atoms. The van der Waals surface area contributed by atoms with Crippen LogP contribution in [0.2, 0.25) is 0 Å². The first kappa shape index (κ1) is 22.2. The highest BCUT2D eigenvalue weighted by atomic mass is 16.5. The zero-order valence-corrected chi connectivity index (χ0v) is 22.5. The molecule has 5 fully saturated rings. The maximum atomic E-state index is 13.8. The number of furan rings is 1. The zero-order valence-electron chi connectivity index (χ0n) is 22.5. The molecule has 1 saturated heterocycles. The Labute approximate surface area is 226 Å². The number of benzene rings is 1. The number of aromatic nitrogens is 2. The van der Waals surface area contributed by atoms with E-state index in [-0.39, 0.29) is 11.7 Å². The molecule has 0 radical (unpaired) electrons. The predicted molar refractivity (Wildman–Crippen MR) is 146 cm³/mol. The van der Waals surface area contributed by atoms with E-state index in [1.807, 2.05) is 18.2 Å². The molecule has 9 rings (SSSR count). The van der Waals surface area contributed by atoms with Gasteiger partial charge >= 0.3 is 0 Å². The van der Waals surface area contributed by atoms with Gasteiger partial charge < -0.3 is 18.6 Å². The summed E-state index contributed by atoms with van der Waals surface area (Å²) >= 11 is 0. The third kappa shape index (κ3) is 2.66. The van der Waals surface area contributed by atoms with Crippen LogP contribution in [0.1, 0.15) is 59.0 Å². The summed E-state index contributed by atoms with van der Waals surface area (Å²) in [5, 5.41) is 1.88. The molecule has 1 amide bonds. The van der Waals surface area contributed by atoms with Gasteiger partial charge in [-0.25, -0.2) is 4.98 Å². The summed E-state index contributed by atoms with van der Waals surface area (Å²) in [6.07, 6.45) is 4.89. The van der Waals surface area contributed by atoms with E-state index in [9.17, 15) is 9.59 Å². The fourth-order valence-electron chi connectivity index (χ4n) is 8.84. The van der Waals surface area contributed by atoms with E-state index in [2.05, 4.69) is 22.5 Å². The van der Waals surface area contributed by atoms with Crippen molar-refractivity contribution in [3.05, 3.63) is 47.2 Å². The molecule has 1 spiro atoms. The Morgan fingerprint density at radius 1 is 1.15 bits per heavy atom. The number of fused-ring (bicyclic) bond motifs is 3. The molecule has 4 aliphatic carbocycles. The molecule has 7 heteroatoms. The van der Waals surface area contributed by atoms with Gasteiger partial charge in [-0.2, -0.15) is 0 Å². The third-order valence-corrected chi connectivity index (χ3v) is 11.0. The standard InChI is InChI=1S/C32H31N3O4/c1-15-28-25(38-3)9-19(31(37)35-14-20-11-21-22-12-27(35)32(20,21)22)10-26(28)39-29(15)24-8-18-6-7-23(16(2)36)33-30(18)34(24)13-17-4-5-17/h6-10,17,20-22,27H,4-5,11-14H2,1-3H3/t20?,21?,22?,27?,32-/m1/s1. The minimum atomic E-state index is -0.0419. The predicted octanol–water partition coefficient (Wildman–Crippen LogP) is 5.86. The van der Waals surface area contributed by atoms with E-state index in [0.29, 0.717) is 45.9 Å². The van der Waals surface area contributed by atoms with Crippen molar-refractivity contribution >= 4 is 33.7 Å². The maximum Gasteiger partial charge on any atom is 0.254 e. The van der Waals surface area contributed by atoms with Crippen LogP contribution in [0.4, 0.5) is 0 Å². The van der Waals surface area contributed by atoms with Crippen molar-refractivity contribution in [1.29, 1.82) is 0 Å². The van der Waals surface area contributed by atoms with Crippen molar-refractivity contribution < 1.29 is 18.7 Å². The van der Waals surface area contributed by atoms with Crippen molar-refractivity contribution in [1.82, 2.24) is 14.5 Å². The largest absolute Gasteiger partial charge is 0.496 e. The number of ether oxygens (including phenoxy) is 1. The molecule has 4 heterocycles. The summed E-state index contributed by atoms with van der Waals surface area (Å²) in [5.74, 6) is 4.59. The Kier molecular flexibility index (Phi) is 4.06. The van der Waals surface area contributed by atoms with Crippen molar-refractivity contribution in [2.24, 2.45) is 29.1 Å². The molecule has 5 aliphatic rings. The molecular formula is C32H31N3O4. The topological polar surface area (TPSA) is 77.6 Å². The molecule has 1 aromatic carbocycles. The van der Waals surface area contributed by atoms with Crippen LogP contribution in [0.25, 0.3) is 33.5 Å². The number of methoxy groups -OCH3 is 1. The number of hydrogen-bond donors (Lipinski definition) is 0. The van der Waals surface area contributed by atoms with Crippen LogP contribution >= 0.6 is 0 Å². The molecule has 4 unspecified atom stereocenters. The number of carbonyl (C=O) groups is 2. The van der Waals surface area contributed by atoms with Crippen LogP contribution in [-0.2, 0) is 6.54 Å². The average molecular weight is 522 g/mol. The lowest BCUT2D eigenvalue weighted by Gasteiger charge is -2.39. The van der Waals surface area contributed by atoms with Gasteiger partial charge in [0, 0.05) is 48.0 Å². The lowest BCUT2D eigenvalue weighted by atomic mass is 9.67. The Bertz CT molecular complexity index is 1770. The SMILES string of the molecule is COc1cc(C(=O)N2CC3CC4C5CC2[C@]345)cc2oc(-c3cc4ccc(C(C)=O)nc4n3CC3CC3)c(C)c12. The summed E-state index contributed by atoms with van der Waals surface area (Å²) in [7, 11) is 1.66. The van der Waals surface area contributed by atoms with Crippen molar-refractivity contribution in [3.63, 3.8) is 0 Å². The van der Waals surface area contributed by atoms with Crippen LogP contribution in [0.15, 0.2) is 34.7 Å². The van der Waals surface area contributed by atoms with Gasteiger partial charge in [0.15, 0.2) is 11.5 Å². The van der Waals surface area contributed by atoms with Gasteiger partial charge in [0.2, 0.25) is 0 Å². The van der Waals surface area contributed by atoms with E-state index in [1.165, 1.54) is 25.7 Å². The summed E-state index contributed by atoms with van der Waals surface area (Å²) < 4.78 is 14.6. The summed E-state index contributed by atoms with van der Waals surface area (Å²) in [6.45, 7) is 5.34. The first-order valence-corrected chi connectivity index (χ1v) is 14.3. The van der Waals surface area contributed by atoms with Crippen LogP contribution in [0.3, 0.4) is 0 Å². The molecule has 4 aromatic rings. The number of carbonyl (C=O) groups excluding carboxylic acids is 2. The van der Waals surface area contributed by atoms with E-state index < -0.39 is 0 Å². The lowest BCUT2D eigenvalue weighted by molar-refractivity contribution is 0.0584. The minimum Gasteiger partial charge on any atom is -0.496 e. The first-order valence-electron chi connectivity index (χ1n) is 14.3. The zero-order chi connectivity index (χ0) is 26.4. The fraction of sp³-hybridized carbons (Fsp3) is 0.469. The second kappa shape index (κ2) is 7.12. The molecular weight excluding hydrogens is 490 g/mol. The molecule has 5 atom stereocenters. The van der Waals surface area contributed by atoms with Crippen molar-refractivity contribution in [3.8, 4) is 17.2 Å². The lowest BCUT2D eigenvalue weighted by Crippen LogP contribution is -2.45. The summed E-state index contributed by atoms with van der Waals surface area (Å²) in [5.41, 5.74) is 5.01. The van der Waals surface area contributed by atoms with Gasteiger partial charge in [0.1, 0.15) is 22.7 Å². The highest BCUT2D eigenvalue weighted by Crippen LogP contribution is 2.88. The number of amides is 1. The van der Waals surface area contributed by atoms with Gasteiger partial charge in [-0.1, -0.05) is 0 Å². The number of ketones is 1. The van der Waals surface area contributed by atoms with E-state index in [0.717, 1.165) is 58.4 Å². The van der Waals surface area contributed by atoms with Crippen LogP contribution < -0.4 is 4.74 Å². The Morgan fingerprint density at radius 2 is 1.97 bits per heavy atom. The summed E-state index contributed by atoms with van der Waals surface area (Å²) in [4.78, 5) is 32.8. The number of rotatable bonds is 6. The number of pyridine rings is 1. The molecule has 0 N–H and O–H groups in total. The van der Waals surface area contributed by atoms with Crippen LogP contribution in [0, 0.1) is 36.0 Å². The highest BCUT2D eigenvalue weighted by Gasteiger charge is 2.88. The Morgan fingerprint density at radius 3 is 2.67 bits per heavy atom. The van der Waals surface area contributed by atoms with Gasteiger partial charge in [0.05, 0.1) is 18.2 Å². The number of Topliss-reactive ketones (excluding diaryl/α,β-unsaturated/α-hetero) is 1. The average Bonchev–Trinajstić information content (AvgIpc) is 3.64. The van der Waals surface area contributed by atoms with Crippen LogP contribution in [0.5, 0.6) is 5.75 Å². The van der Waals surface area contributed by atoms with E-state index in [1.54, 1.807) is 20.1 Å². The second-order valence-corrected chi connectivity index (χ2v) is 12.7. The van der Waals surface area contributed by atoms with Crippen molar-refractivity contribution in [2.45, 2.75) is 52.1 Å². The van der Waals surface area contributed by atoms with E-state index >= 15 is 0 Å². The molecule has 7 nitrogen and oxygen atoms in total. The van der Waals surface area contributed by atoms with E-state index in [4.69, 9.17) is 14.1 Å². The second-order valence-electron chi connectivity index (χ2n) is 12.7. The quantitative estimate of drug-likeness (QED) is 0.297. The minimum absolute atomic E-state index is 0.0419. The van der Waals surface area contributed by atoms with Gasteiger partial charge in [-0.15, -0.1) is 0 Å². The molecule has 198 valence electrons.